The van der Waals surface area contributed by atoms with Gasteiger partial charge in [0.25, 0.3) is 0 Å². The number of nitrogens with one attached hydrogen (secondary N) is 1. The van der Waals surface area contributed by atoms with Crippen LogP contribution in [-0.2, 0) is 23.7 Å². The molecule has 0 bridgehead atoms. The molecule has 1 amide bonds. The summed E-state index contributed by atoms with van der Waals surface area (Å²) in [7, 11) is 0. The van der Waals surface area contributed by atoms with E-state index in [0.29, 0.717) is 12.8 Å². The fourth-order valence-corrected chi connectivity index (χ4v) is 11.6. The van der Waals surface area contributed by atoms with Crippen LogP contribution >= 0.6 is 0 Å². The molecule has 14 heteroatoms. The zero-order valence-electron chi connectivity index (χ0n) is 54.1. The van der Waals surface area contributed by atoms with Gasteiger partial charge in [-0.05, 0) is 70.6 Å². The molecule has 9 N–H and O–H groups in total. The van der Waals surface area contributed by atoms with Crippen LogP contribution in [0.1, 0.15) is 303 Å². The normalized spacial score (nSPS) is 23.8. The first kappa shape index (κ1) is 79.0. The first-order chi connectivity index (χ1) is 41.6. The van der Waals surface area contributed by atoms with E-state index in [2.05, 4.69) is 55.6 Å². The first-order valence-electron chi connectivity index (χ1n) is 35.4. The molecule has 2 rings (SSSR count). The van der Waals surface area contributed by atoms with Gasteiger partial charge < -0.3 is 65.1 Å². The summed E-state index contributed by atoms with van der Waals surface area (Å²) in [4.78, 5) is 13.3. The fraction of sp³-hybridized carbons (Fsp3) is 0.873. The second kappa shape index (κ2) is 56.0. The third kappa shape index (κ3) is 40.3. The van der Waals surface area contributed by atoms with Crippen LogP contribution in [0.3, 0.4) is 0 Å². The topological polar surface area (TPSA) is 228 Å². The highest BCUT2D eigenvalue weighted by Gasteiger charge is 2.51. The SMILES string of the molecule is CCCCCCCCCC/C=C\CCCCCCCCCCCCCCCCCC(=O)NC(COC1OC(CO)C(OC2OC(CO)C(O)C(O)C2O)C(O)C1O)C(O)/C=C/CC/C=C/CC/C=C/CCCCCCCCCCCCCCCC. The van der Waals surface area contributed by atoms with Gasteiger partial charge in [0.05, 0.1) is 32.0 Å². The van der Waals surface area contributed by atoms with Crippen LogP contribution in [0.4, 0.5) is 0 Å². The molecule has 2 heterocycles. The monoisotopic (exact) mass is 1210 g/mol. The average Bonchev–Trinajstić information content (AvgIpc) is 3.68. The molecule has 0 saturated carbocycles. The maximum atomic E-state index is 13.3. The van der Waals surface area contributed by atoms with Crippen molar-refractivity contribution in [3.05, 3.63) is 48.6 Å². The zero-order valence-corrected chi connectivity index (χ0v) is 54.1. The van der Waals surface area contributed by atoms with Gasteiger partial charge in [-0.2, -0.15) is 0 Å². The van der Waals surface area contributed by atoms with Crippen molar-refractivity contribution in [1.29, 1.82) is 0 Å². The maximum Gasteiger partial charge on any atom is 0.220 e. The summed E-state index contributed by atoms with van der Waals surface area (Å²) < 4.78 is 22.8. The lowest BCUT2D eigenvalue weighted by atomic mass is 9.97. The number of carbonyl (C=O) groups excluding carboxylic acids is 1. The highest BCUT2D eigenvalue weighted by molar-refractivity contribution is 5.76. The minimum Gasteiger partial charge on any atom is -0.394 e. The van der Waals surface area contributed by atoms with Crippen molar-refractivity contribution in [2.75, 3.05) is 19.8 Å². The van der Waals surface area contributed by atoms with Crippen LogP contribution in [0.15, 0.2) is 48.6 Å². The minimum absolute atomic E-state index is 0.249. The number of hydrogen-bond donors (Lipinski definition) is 9. The number of rotatable bonds is 58. The van der Waals surface area contributed by atoms with E-state index in [1.54, 1.807) is 6.08 Å². The molecule has 12 atom stereocenters. The van der Waals surface area contributed by atoms with Crippen LogP contribution in [0.2, 0.25) is 0 Å². The van der Waals surface area contributed by atoms with Gasteiger partial charge in [-0.25, -0.2) is 0 Å². The lowest BCUT2D eigenvalue weighted by molar-refractivity contribution is -0.359. The number of unbranched alkanes of at least 4 members (excludes halogenated alkanes) is 39. The molecular weight excluding hydrogens is 1070 g/mol. The van der Waals surface area contributed by atoms with Gasteiger partial charge >= 0.3 is 0 Å². The van der Waals surface area contributed by atoms with Crippen LogP contribution < -0.4 is 5.32 Å². The van der Waals surface area contributed by atoms with Crippen molar-refractivity contribution >= 4 is 5.91 Å². The number of ether oxygens (including phenoxy) is 4. The summed E-state index contributed by atoms with van der Waals surface area (Å²) in [6.45, 7) is 2.81. The molecule has 0 aromatic carbocycles. The molecule has 498 valence electrons. The molecule has 2 saturated heterocycles. The smallest absolute Gasteiger partial charge is 0.220 e. The van der Waals surface area contributed by atoms with E-state index in [4.69, 9.17) is 18.9 Å². The van der Waals surface area contributed by atoms with Crippen molar-refractivity contribution in [2.24, 2.45) is 0 Å². The summed E-state index contributed by atoms with van der Waals surface area (Å²) in [5.41, 5.74) is 0. The van der Waals surface area contributed by atoms with E-state index in [9.17, 15) is 45.6 Å². The molecule has 0 spiro atoms. The van der Waals surface area contributed by atoms with E-state index >= 15 is 0 Å². The molecular formula is C71H131NO13. The minimum atomic E-state index is -1.79. The number of allylic oxidation sites excluding steroid dienone is 7. The summed E-state index contributed by atoms with van der Waals surface area (Å²) in [5, 5.41) is 87.4. The molecule has 0 aromatic rings. The summed E-state index contributed by atoms with van der Waals surface area (Å²) in [5.74, 6) is -0.249. The van der Waals surface area contributed by atoms with Crippen LogP contribution in [0.25, 0.3) is 0 Å². The Morgan fingerprint density at radius 2 is 0.753 bits per heavy atom. The van der Waals surface area contributed by atoms with Gasteiger partial charge in [0, 0.05) is 6.42 Å². The number of amides is 1. The van der Waals surface area contributed by atoms with Crippen LogP contribution in [-0.4, -0.2) is 140 Å². The Bertz CT molecular complexity index is 1610. The Balaban J connectivity index is 1.70. The van der Waals surface area contributed by atoms with E-state index in [-0.39, 0.29) is 18.9 Å². The highest BCUT2D eigenvalue weighted by atomic mass is 16.7. The van der Waals surface area contributed by atoms with Gasteiger partial charge in [-0.1, -0.05) is 274 Å². The molecule has 14 nitrogen and oxygen atoms in total. The van der Waals surface area contributed by atoms with Gasteiger partial charge in [0.2, 0.25) is 5.91 Å². The fourth-order valence-electron chi connectivity index (χ4n) is 11.6. The zero-order chi connectivity index (χ0) is 61.6. The molecule has 2 aliphatic rings. The molecule has 12 unspecified atom stereocenters. The second-order valence-corrected chi connectivity index (χ2v) is 25.0. The van der Waals surface area contributed by atoms with Crippen LogP contribution in [0, 0.1) is 0 Å². The van der Waals surface area contributed by atoms with Gasteiger partial charge in [0.15, 0.2) is 12.6 Å². The van der Waals surface area contributed by atoms with Crippen molar-refractivity contribution in [1.82, 2.24) is 5.32 Å². The van der Waals surface area contributed by atoms with Crippen molar-refractivity contribution in [2.45, 2.75) is 376 Å². The number of hydrogen-bond acceptors (Lipinski definition) is 13. The Morgan fingerprint density at radius 3 is 1.15 bits per heavy atom. The highest BCUT2D eigenvalue weighted by Crippen LogP contribution is 2.30. The number of aliphatic hydroxyl groups excluding tert-OH is 8. The molecule has 0 radical (unpaired) electrons. The Labute approximate surface area is 518 Å². The molecule has 0 aromatic heterocycles. The summed E-state index contributed by atoms with van der Waals surface area (Å²) >= 11 is 0. The largest absolute Gasteiger partial charge is 0.394 e. The predicted octanol–water partition coefficient (Wildman–Crippen LogP) is 14.3. The quantitative estimate of drug-likeness (QED) is 0.0204. The Hall–Kier alpha value is -2.05. The van der Waals surface area contributed by atoms with E-state index in [0.717, 1.165) is 44.9 Å². The lowest BCUT2D eigenvalue weighted by Crippen LogP contribution is -2.65. The van der Waals surface area contributed by atoms with E-state index in [1.807, 2.05) is 6.08 Å². The third-order valence-corrected chi connectivity index (χ3v) is 17.2. The standard InChI is InChI=1S/C71H131NO13/c1-3-5-7-9-11-13-15-17-19-21-23-25-27-29-30-31-33-35-37-39-41-43-45-47-49-51-53-55-63(76)72-59(58-82-70-68(81)66(79)69(62(57-74)84-70)85-71-67(80)65(78)64(77)61(56-73)83-71)60(75)54-52-50-48-46-44-42-40-38-36-34-32-28-26-24-22-20-18-16-14-12-10-8-6-4-2/h21,23,36,38,44,46,52,54,59-62,64-71,73-75,77-81H,3-20,22,24-35,37,39-43,45,47-51,53,55-58H2,1-2H3,(H,72,76)/b23-21-,38-36+,46-44+,54-52+. The molecule has 2 aliphatic heterocycles. The van der Waals surface area contributed by atoms with Crippen molar-refractivity contribution in [3.63, 3.8) is 0 Å². The Kier molecular flexibility index (Phi) is 52.1. The van der Waals surface area contributed by atoms with E-state index < -0.39 is 86.8 Å². The maximum absolute atomic E-state index is 13.3. The Morgan fingerprint density at radius 1 is 0.412 bits per heavy atom. The first-order valence-corrected chi connectivity index (χ1v) is 35.4. The lowest BCUT2D eigenvalue weighted by Gasteiger charge is -2.46. The molecule has 0 aliphatic carbocycles. The van der Waals surface area contributed by atoms with Crippen molar-refractivity contribution in [3.8, 4) is 0 Å². The van der Waals surface area contributed by atoms with E-state index in [1.165, 1.54) is 225 Å². The van der Waals surface area contributed by atoms with Crippen LogP contribution in [0.5, 0.6) is 0 Å². The third-order valence-electron chi connectivity index (χ3n) is 17.2. The van der Waals surface area contributed by atoms with Crippen molar-refractivity contribution < 1.29 is 64.6 Å². The van der Waals surface area contributed by atoms with Gasteiger partial charge in [-0.3, -0.25) is 4.79 Å². The predicted molar refractivity (Wildman–Crippen MR) is 346 cm³/mol. The molecule has 85 heavy (non-hydrogen) atoms. The average molecular weight is 1210 g/mol. The van der Waals surface area contributed by atoms with Gasteiger partial charge in [0.1, 0.15) is 48.8 Å². The molecule has 2 fully saturated rings. The summed E-state index contributed by atoms with van der Waals surface area (Å²) in [6, 6.07) is -0.939. The summed E-state index contributed by atoms with van der Waals surface area (Å²) in [6.07, 6.45) is 56.0. The van der Waals surface area contributed by atoms with Gasteiger partial charge in [-0.15, -0.1) is 0 Å². The number of carbonyl (C=O) groups is 1. The number of aliphatic hydroxyl groups is 8. The second-order valence-electron chi connectivity index (χ2n) is 25.0.